The van der Waals surface area contributed by atoms with E-state index in [1.54, 1.807) is 13.8 Å². The lowest BCUT2D eigenvalue weighted by Gasteiger charge is -2.17. The highest BCUT2D eigenvalue weighted by Gasteiger charge is 2.27. The minimum atomic E-state index is -4.37. The molecule has 0 fully saturated rings. The summed E-state index contributed by atoms with van der Waals surface area (Å²) in [5.74, 6) is -0.411. The van der Waals surface area contributed by atoms with Crippen LogP contribution in [0.4, 0.5) is 13.2 Å². The monoisotopic (exact) mass is 287 g/mol. The maximum Gasteiger partial charge on any atom is 0.411 e. The molecule has 0 aromatic rings. The molecule has 0 saturated heterocycles. The van der Waals surface area contributed by atoms with E-state index in [9.17, 15) is 18.0 Å². The van der Waals surface area contributed by atoms with E-state index in [0.29, 0.717) is 13.2 Å². The molecule has 0 bridgehead atoms. The second kappa shape index (κ2) is 9.99. The number of alkyl halides is 3. The number of hydrogen-bond donors (Lipinski definition) is 1. The Labute approximate surface area is 110 Å². The van der Waals surface area contributed by atoms with E-state index in [-0.39, 0.29) is 19.6 Å². The number of carbonyl (C=O) groups is 1. The van der Waals surface area contributed by atoms with Gasteiger partial charge in [-0.3, -0.25) is 4.79 Å². The van der Waals surface area contributed by atoms with Gasteiger partial charge in [0.25, 0.3) is 0 Å². The van der Waals surface area contributed by atoms with Gasteiger partial charge in [0.15, 0.2) is 6.29 Å². The number of nitrogens with one attached hydrogen (secondary N) is 1. The summed E-state index contributed by atoms with van der Waals surface area (Å²) < 4.78 is 49.9. The third-order valence-electron chi connectivity index (χ3n) is 1.91. The zero-order chi connectivity index (χ0) is 14.7. The molecule has 0 heterocycles. The SMILES string of the molecule is CCOC(CNC(=O)CCOCC(F)(F)F)OCC. The van der Waals surface area contributed by atoms with Crippen LogP contribution >= 0.6 is 0 Å². The van der Waals surface area contributed by atoms with Gasteiger partial charge in [0.2, 0.25) is 5.91 Å². The summed E-state index contributed by atoms with van der Waals surface area (Å²) in [7, 11) is 0. The fourth-order valence-electron chi connectivity index (χ4n) is 1.18. The summed E-state index contributed by atoms with van der Waals surface area (Å²) in [6.07, 6.45) is -5.05. The molecule has 0 rings (SSSR count). The summed E-state index contributed by atoms with van der Waals surface area (Å²) in [4.78, 5) is 11.3. The Kier molecular flexibility index (Phi) is 9.54. The molecule has 5 nitrogen and oxygen atoms in total. The second-order valence-corrected chi connectivity index (χ2v) is 3.56. The number of amides is 1. The standard InChI is InChI=1S/C11H20F3NO4/c1-3-18-10(19-4-2)7-15-9(16)5-6-17-8-11(12,13)14/h10H,3-8H2,1-2H3,(H,15,16). The molecule has 0 saturated carbocycles. The van der Waals surface area contributed by atoms with Crippen LogP contribution in [0.25, 0.3) is 0 Å². The maximum absolute atomic E-state index is 11.7. The Hall–Kier alpha value is -0.860. The lowest BCUT2D eigenvalue weighted by molar-refractivity contribution is -0.174. The first-order valence-corrected chi connectivity index (χ1v) is 6.03. The Bertz CT molecular complexity index is 243. The zero-order valence-corrected chi connectivity index (χ0v) is 11.1. The van der Waals surface area contributed by atoms with Gasteiger partial charge in [-0.15, -0.1) is 0 Å². The van der Waals surface area contributed by atoms with Gasteiger partial charge in [0.05, 0.1) is 13.2 Å². The summed E-state index contributed by atoms with van der Waals surface area (Å²) in [6, 6.07) is 0. The van der Waals surface area contributed by atoms with E-state index in [4.69, 9.17) is 9.47 Å². The van der Waals surface area contributed by atoms with Crippen molar-refractivity contribution < 1.29 is 32.2 Å². The van der Waals surface area contributed by atoms with Crippen LogP contribution in [0.3, 0.4) is 0 Å². The van der Waals surface area contributed by atoms with E-state index in [1.165, 1.54) is 0 Å². The third-order valence-corrected chi connectivity index (χ3v) is 1.91. The minimum absolute atomic E-state index is 0.138. The first kappa shape index (κ1) is 18.1. The van der Waals surface area contributed by atoms with Crippen LogP contribution in [0, 0.1) is 0 Å². The first-order chi connectivity index (χ1) is 8.89. The predicted octanol–water partition coefficient (Wildman–Crippen LogP) is 1.47. The molecule has 0 aliphatic carbocycles. The van der Waals surface area contributed by atoms with Crippen LogP contribution in [0.15, 0.2) is 0 Å². The van der Waals surface area contributed by atoms with Crippen molar-refractivity contribution in [3.05, 3.63) is 0 Å². The molecule has 0 aromatic heterocycles. The highest BCUT2D eigenvalue weighted by atomic mass is 19.4. The molecule has 0 radical (unpaired) electrons. The third kappa shape index (κ3) is 11.9. The highest BCUT2D eigenvalue weighted by molar-refractivity contribution is 5.75. The van der Waals surface area contributed by atoms with Crippen molar-refractivity contribution in [1.82, 2.24) is 5.32 Å². The van der Waals surface area contributed by atoms with Crippen LogP contribution in [-0.4, -0.2) is 51.3 Å². The van der Waals surface area contributed by atoms with Gasteiger partial charge >= 0.3 is 6.18 Å². The van der Waals surface area contributed by atoms with Gasteiger partial charge in [0.1, 0.15) is 6.61 Å². The van der Waals surface area contributed by atoms with Crippen LogP contribution in [0.1, 0.15) is 20.3 Å². The molecule has 0 spiro atoms. The summed E-state index contributed by atoms with van der Waals surface area (Å²) in [5.41, 5.74) is 0. The van der Waals surface area contributed by atoms with Gasteiger partial charge < -0.3 is 19.5 Å². The zero-order valence-electron chi connectivity index (χ0n) is 11.1. The highest BCUT2D eigenvalue weighted by Crippen LogP contribution is 2.14. The van der Waals surface area contributed by atoms with Crippen molar-refractivity contribution in [3.8, 4) is 0 Å². The van der Waals surface area contributed by atoms with Crippen molar-refractivity contribution in [2.75, 3.05) is 33.0 Å². The van der Waals surface area contributed by atoms with Crippen molar-refractivity contribution in [2.24, 2.45) is 0 Å². The average molecular weight is 287 g/mol. The van der Waals surface area contributed by atoms with Crippen LogP contribution < -0.4 is 5.32 Å². The van der Waals surface area contributed by atoms with Gasteiger partial charge in [-0.2, -0.15) is 13.2 Å². The Balaban J connectivity index is 3.67. The molecule has 1 N–H and O–H groups in total. The molecule has 19 heavy (non-hydrogen) atoms. The average Bonchev–Trinajstić information content (AvgIpc) is 2.31. The van der Waals surface area contributed by atoms with Crippen molar-refractivity contribution >= 4 is 5.91 Å². The van der Waals surface area contributed by atoms with Gasteiger partial charge in [-0.25, -0.2) is 0 Å². The van der Waals surface area contributed by atoms with Crippen LogP contribution in [0.2, 0.25) is 0 Å². The van der Waals surface area contributed by atoms with Crippen LogP contribution in [-0.2, 0) is 19.0 Å². The molecule has 0 aliphatic rings. The molecule has 1 amide bonds. The lowest BCUT2D eigenvalue weighted by atomic mass is 10.4. The summed E-state index contributed by atoms with van der Waals surface area (Å²) in [6.45, 7) is 2.99. The van der Waals surface area contributed by atoms with Gasteiger partial charge in [-0.1, -0.05) is 0 Å². The van der Waals surface area contributed by atoms with Crippen molar-refractivity contribution in [3.63, 3.8) is 0 Å². The van der Waals surface area contributed by atoms with E-state index in [1.807, 2.05) is 0 Å². The largest absolute Gasteiger partial charge is 0.411 e. The molecule has 0 atom stereocenters. The van der Waals surface area contributed by atoms with Crippen LogP contribution in [0.5, 0.6) is 0 Å². The molecule has 0 aromatic carbocycles. The Morgan fingerprint density at radius 1 is 1.21 bits per heavy atom. The van der Waals surface area contributed by atoms with Crippen molar-refractivity contribution in [1.29, 1.82) is 0 Å². The number of rotatable bonds is 10. The van der Waals surface area contributed by atoms with E-state index in [0.717, 1.165) is 0 Å². The fourth-order valence-corrected chi connectivity index (χ4v) is 1.18. The molecule has 114 valence electrons. The van der Waals surface area contributed by atoms with E-state index in [2.05, 4.69) is 10.1 Å². The maximum atomic E-state index is 11.7. The Morgan fingerprint density at radius 2 is 1.79 bits per heavy atom. The summed E-state index contributed by atoms with van der Waals surface area (Å²) >= 11 is 0. The number of hydrogen-bond acceptors (Lipinski definition) is 4. The smallest absolute Gasteiger partial charge is 0.372 e. The predicted molar refractivity (Wildman–Crippen MR) is 61.5 cm³/mol. The lowest BCUT2D eigenvalue weighted by Crippen LogP contribution is -2.36. The molecular formula is C11H20F3NO4. The topological polar surface area (TPSA) is 56.8 Å². The first-order valence-electron chi connectivity index (χ1n) is 6.03. The second-order valence-electron chi connectivity index (χ2n) is 3.56. The fraction of sp³-hybridized carbons (Fsp3) is 0.909. The number of halogens is 3. The number of carbonyl (C=O) groups excluding carboxylic acids is 1. The van der Waals surface area contributed by atoms with Crippen molar-refractivity contribution in [2.45, 2.75) is 32.7 Å². The molecule has 0 unspecified atom stereocenters. The van der Waals surface area contributed by atoms with Gasteiger partial charge in [-0.05, 0) is 13.8 Å². The summed E-state index contributed by atoms with van der Waals surface area (Å²) in [5, 5.41) is 2.50. The normalized spacial score (nSPS) is 11.9. The molecule has 0 aliphatic heterocycles. The van der Waals surface area contributed by atoms with E-state index < -0.39 is 25.0 Å². The van der Waals surface area contributed by atoms with Gasteiger partial charge in [0, 0.05) is 19.6 Å². The molecular weight excluding hydrogens is 267 g/mol. The minimum Gasteiger partial charge on any atom is -0.372 e. The number of ether oxygens (including phenoxy) is 3. The quantitative estimate of drug-likeness (QED) is 0.488. The molecule has 8 heteroatoms. The van der Waals surface area contributed by atoms with E-state index >= 15 is 0 Å². The Morgan fingerprint density at radius 3 is 2.26 bits per heavy atom.